The van der Waals surface area contributed by atoms with Gasteiger partial charge in [-0.15, -0.1) is 0 Å². The molecule has 0 radical (unpaired) electrons. The molecule has 0 saturated heterocycles. The Labute approximate surface area is 76.5 Å². The monoisotopic (exact) mass is 184 g/mol. The molecule has 0 fully saturated rings. The summed E-state index contributed by atoms with van der Waals surface area (Å²) in [6.07, 6.45) is 6.37. The number of carbonyl (C=O) groups is 2. The molecule has 0 spiro atoms. The van der Waals surface area contributed by atoms with Gasteiger partial charge in [-0.2, -0.15) is 0 Å². The van der Waals surface area contributed by atoms with Crippen LogP contribution in [0.5, 0.6) is 0 Å². The van der Waals surface area contributed by atoms with Crippen LogP contribution in [0.3, 0.4) is 0 Å². The van der Waals surface area contributed by atoms with E-state index >= 15 is 0 Å². The predicted octanol–water partition coefficient (Wildman–Crippen LogP) is 1.14. The lowest BCUT2D eigenvalue weighted by atomic mass is 10.4. The zero-order valence-corrected chi connectivity index (χ0v) is 7.40. The number of aliphatic carboxylic acids is 1. The number of carbonyl (C=O) groups excluding carboxylic acids is 1. The van der Waals surface area contributed by atoms with Gasteiger partial charge < -0.3 is 9.84 Å². The van der Waals surface area contributed by atoms with Crippen LogP contribution in [0.25, 0.3) is 0 Å². The van der Waals surface area contributed by atoms with Gasteiger partial charge in [0.1, 0.15) is 13.0 Å². The summed E-state index contributed by atoms with van der Waals surface area (Å²) < 4.78 is 4.56. The van der Waals surface area contributed by atoms with Gasteiger partial charge in [-0.1, -0.05) is 18.2 Å². The molecule has 4 heteroatoms. The number of esters is 1. The van der Waals surface area contributed by atoms with Crippen molar-refractivity contribution in [2.24, 2.45) is 0 Å². The number of carboxylic acids is 1. The smallest absolute Gasteiger partial charge is 0.317 e. The molecule has 0 aliphatic heterocycles. The summed E-state index contributed by atoms with van der Waals surface area (Å²) in [6, 6.07) is 0. The first-order chi connectivity index (χ1) is 6.16. The third kappa shape index (κ3) is 8.33. The summed E-state index contributed by atoms with van der Waals surface area (Å²) in [7, 11) is 0. The van der Waals surface area contributed by atoms with Gasteiger partial charge in [0.15, 0.2) is 0 Å². The molecular formula is C9H12O4. The second-order valence-electron chi connectivity index (χ2n) is 2.21. The highest BCUT2D eigenvalue weighted by molar-refractivity contribution is 5.90. The van der Waals surface area contributed by atoms with Gasteiger partial charge in [-0.3, -0.25) is 9.59 Å². The normalized spacial score (nSPS) is 10.8. The van der Waals surface area contributed by atoms with Gasteiger partial charge in [-0.25, -0.2) is 0 Å². The van der Waals surface area contributed by atoms with Crippen LogP contribution in [-0.2, 0) is 14.3 Å². The molecule has 0 saturated carbocycles. The van der Waals surface area contributed by atoms with Gasteiger partial charge in [0.25, 0.3) is 0 Å². The van der Waals surface area contributed by atoms with E-state index in [4.69, 9.17) is 5.11 Å². The van der Waals surface area contributed by atoms with Crippen molar-refractivity contribution >= 4 is 11.9 Å². The molecule has 1 N–H and O–H groups in total. The van der Waals surface area contributed by atoms with Crippen LogP contribution in [0.15, 0.2) is 24.3 Å². The van der Waals surface area contributed by atoms with Crippen molar-refractivity contribution in [1.29, 1.82) is 0 Å². The Hall–Kier alpha value is -1.58. The van der Waals surface area contributed by atoms with Crippen molar-refractivity contribution in [2.45, 2.75) is 13.3 Å². The minimum absolute atomic E-state index is 0.108. The van der Waals surface area contributed by atoms with Gasteiger partial charge in [0.2, 0.25) is 0 Å². The minimum atomic E-state index is -1.18. The molecule has 0 aromatic heterocycles. The molecule has 0 amide bonds. The number of carboxylic acid groups (broad SMARTS) is 1. The molecule has 0 unspecified atom stereocenters. The van der Waals surface area contributed by atoms with E-state index < -0.39 is 18.4 Å². The van der Waals surface area contributed by atoms with E-state index in [0.717, 1.165) is 0 Å². The lowest BCUT2D eigenvalue weighted by molar-refractivity contribution is -0.150. The molecular weight excluding hydrogens is 172 g/mol. The molecule has 0 aromatic carbocycles. The van der Waals surface area contributed by atoms with E-state index in [2.05, 4.69) is 4.74 Å². The fraction of sp³-hybridized carbons (Fsp3) is 0.333. The van der Waals surface area contributed by atoms with Gasteiger partial charge in [0, 0.05) is 0 Å². The van der Waals surface area contributed by atoms with E-state index in [-0.39, 0.29) is 6.61 Å². The van der Waals surface area contributed by atoms with E-state index in [0.29, 0.717) is 0 Å². The van der Waals surface area contributed by atoms with Gasteiger partial charge in [0.05, 0.1) is 0 Å². The van der Waals surface area contributed by atoms with Crippen LogP contribution in [0.1, 0.15) is 13.3 Å². The first-order valence-electron chi connectivity index (χ1n) is 3.82. The molecule has 0 aromatic rings. The number of hydrogen-bond acceptors (Lipinski definition) is 3. The minimum Gasteiger partial charge on any atom is -0.481 e. The second kappa shape index (κ2) is 7.09. The zero-order valence-electron chi connectivity index (χ0n) is 7.40. The van der Waals surface area contributed by atoms with Crippen molar-refractivity contribution in [2.75, 3.05) is 6.61 Å². The molecule has 0 aliphatic carbocycles. The summed E-state index contributed by atoms with van der Waals surface area (Å²) in [5.74, 6) is -1.90. The molecule has 0 aliphatic rings. The van der Waals surface area contributed by atoms with Crippen LogP contribution >= 0.6 is 0 Å². The SMILES string of the molecule is C/C=C/C=C/COC(=O)CC(=O)O. The molecule has 4 nitrogen and oxygen atoms in total. The van der Waals surface area contributed by atoms with Crippen LogP contribution in [0, 0.1) is 0 Å². The molecule has 0 atom stereocenters. The van der Waals surface area contributed by atoms with Crippen LogP contribution in [0.2, 0.25) is 0 Å². The number of hydrogen-bond donors (Lipinski definition) is 1. The van der Waals surface area contributed by atoms with Crippen molar-refractivity contribution in [3.05, 3.63) is 24.3 Å². The standard InChI is InChI=1S/C9H12O4/c1-2-3-4-5-6-13-9(12)7-8(10)11/h2-5H,6-7H2,1H3,(H,10,11)/b3-2+,5-4+. The summed E-state index contributed by atoms with van der Waals surface area (Å²) >= 11 is 0. The molecule has 0 heterocycles. The highest BCUT2D eigenvalue weighted by Crippen LogP contribution is 1.87. The third-order valence-electron chi connectivity index (χ3n) is 1.08. The second-order valence-corrected chi connectivity index (χ2v) is 2.21. The molecule has 0 bridgehead atoms. The highest BCUT2D eigenvalue weighted by Gasteiger charge is 2.06. The van der Waals surface area contributed by atoms with Gasteiger partial charge in [-0.05, 0) is 13.0 Å². The summed E-state index contributed by atoms with van der Waals surface area (Å²) in [4.78, 5) is 20.6. The third-order valence-corrected chi connectivity index (χ3v) is 1.08. The fourth-order valence-electron chi connectivity index (χ4n) is 0.561. The van der Waals surface area contributed by atoms with E-state index in [1.165, 1.54) is 0 Å². The summed E-state index contributed by atoms with van der Waals surface area (Å²) in [5, 5.41) is 8.19. The van der Waals surface area contributed by atoms with Crippen LogP contribution in [-0.4, -0.2) is 23.7 Å². The van der Waals surface area contributed by atoms with Crippen molar-refractivity contribution < 1.29 is 19.4 Å². The first-order valence-corrected chi connectivity index (χ1v) is 3.82. The number of allylic oxidation sites excluding steroid dienone is 3. The number of rotatable bonds is 5. The Morgan fingerprint density at radius 2 is 2.08 bits per heavy atom. The average molecular weight is 184 g/mol. The van der Waals surface area contributed by atoms with Gasteiger partial charge >= 0.3 is 11.9 Å². The lowest BCUT2D eigenvalue weighted by Gasteiger charge is -1.97. The maximum absolute atomic E-state index is 10.6. The summed E-state index contributed by atoms with van der Waals surface area (Å²) in [6.45, 7) is 1.97. The van der Waals surface area contributed by atoms with Crippen LogP contribution < -0.4 is 0 Å². The van der Waals surface area contributed by atoms with E-state index in [1.807, 2.05) is 13.0 Å². The van der Waals surface area contributed by atoms with E-state index in [1.54, 1.807) is 18.2 Å². The Morgan fingerprint density at radius 1 is 1.38 bits per heavy atom. The molecule has 13 heavy (non-hydrogen) atoms. The van der Waals surface area contributed by atoms with Crippen LogP contribution in [0.4, 0.5) is 0 Å². The van der Waals surface area contributed by atoms with E-state index in [9.17, 15) is 9.59 Å². The first kappa shape index (κ1) is 11.4. The lowest BCUT2D eigenvalue weighted by Crippen LogP contribution is -2.10. The molecule has 0 rings (SSSR count). The highest BCUT2D eigenvalue weighted by atomic mass is 16.5. The largest absolute Gasteiger partial charge is 0.481 e. The maximum atomic E-state index is 10.6. The maximum Gasteiger partial charge on any atom is 0.317 e. The Morgan fingerprint density at radius 3 is 2.62 bits per heavy atom. The molecule has 72 valence electrons. The Bertz CT molecular complexity index is 228. The average Bonchev–Trinajstić information content (AvgIpc) is 2.02. The Kier molecular flexibility index (Phi) is 6.23. The van der Waals surface area contributed by atoms with Crippen molar-refractivity contribution in [3.63, 3.8) is 0 Å². The quantitative estimate of drug-likeness (QED) is 0.395. The van der Waals surface area contributed by atoms with Crippen molar-refractivity contribution in [1.82, 2.24) is 0 Å². The zero-order chi connectivity index (χ0) is 10.1. The Balaban J connectivity index is 3.53. The number of ether oxygens (including phenoxy) is 1. The van der Waals surface area contributed by atoms with Crippen molar-refractivity contribution in [3.8, 4) is 0 Å². The topological polar surface area (TPSA) is 63.6 Å². The predicted molar refractivity (Wildman–Crippen MR) is 47.2 cm³/mol. The summed E-state index contributed by atoms with van der Waals surface area (Å²) in [5.41, 5.74) is 0. The fourth-order valence-corrected chi connectivity index (χ4v) is 0.561.